The van der Waals surface area contributed by atoms with Crippen LogP contribution in [0.2, 0.25) is 0 Å². The van der Waals surface area contributed by atoms with Gasteiger partial charge in [0.25, 0.3) is 5.91 Å². The van der Waals surface area contributed by atoms with E-state index in [-0.39, 0.29) is 11.8 Å². The highest BCUT2D eigenvalue weighted by atomic mass is 16.5. The number of rotatable bonds is 6. The van der Waals surface area contributed by atoms with E-state index in [1.54, 1.807) is 11.8 Å². The summed E-state index contributed by atoms with van der Waals surface area (Å²) < 4.78 is 5.40. The number of ether oxygens (including phenoxy) is 1. The lowest BCUT2D eigenvalue weighted by atomic mass is 9.96. The normalized spacial score (nSPS) is 14.4. The molecule has 1 fully saturated rings. The zero-order valence-corrected chi connectivity index (χ0v) is 15.0. The molecule has 2 rings (SSSR count). The Balaban J connectivity index is 1.70. The second kappa shape index (κ2) is 9.73. The van der Waals surface area contributed by atoms with E-state index in [4.69, 9.17) is 4.74 Å². The molecule has 25 heavy (non-hydrogen) atoms. The number of likely N-dealkylation sites (tertiary alicyclic amines) is 1. The zero-order valence-electron chi connectivity index (χ0n) is 15.0. The standard InChI is InChI=1S/C20H26N2O3/c1-3-5-20(24)22-12-10-17(11-13-22)15-21-19(23)14-16-6-8-18(9-7-16)25-4-2/h6-9,17H,4,10-15H2,1-2H3,(H,21,23). The molecule has 1 N–H and O–H groups in total. The number of nitrogens with one attached hydrogen (secondary N) is 1. The van der Waals surface area contributed by atoms with Crippen molar-refractivity contribution < 1.29 is 14.3 Å². The zero-order chi connectivity index (χ0) is 18.1. The molecular formula is C20H26N2O3. The molecular weight excluding hydrogens is 316 g/mol. The molecule has 0 unspecified atom stereocenters. The highest BCUT2D eigenvalue weighted by Gasteiger charge is 2.22. The monoisotopic (exact) mass is 342 g/mol. The van der Waals surface area contributed by atoms with Gasteiger partial charge in [-0.25, -0.2) is 0 Å². The van der Waals surface area contributed by atoms with Gasteiger partial charge in [-0.3, -0.25) is 9.59 Å². The van der Waals surface area contributed by atoms with Crippen LogP contribution in [0.4, 0.5) is 0 Å². The Kier molecular flexibility index (Phi) is 7.34. The predicted molar refractivity (Wildman–Crippen MR) is 97.1 cm³/mol. The van der Waals surface area contributed by atoms with Crippen molar-refractivity contribution in [2.45, 2.75) is 33.1 Å². The van der Waals surface area contributed by atoms with E-state index in [2.05, 4.69) is 17.2 Å². The van der Waals surface area contributed by atoms with E-state index in [0.29, 0.717) is 38.6 Å². The van der Waals surface area contributed by atoms with Crippen molar-refractivity contribution in [3.05, 3.63) is 29.8 Å². The maximum atomic E-state index is 12.1. The third-order valence-corrected chi connectivity index (χ3v) is 4.32. The summed E-state index contributed by atoms with van der Waals surface area (Å²) in [5.74, 6) is 6.39. The van der Waals surface area contributed by atoms with Crippen LogP contribution >= 0.6 is 0 Å². The maximum Gasteiger partial charge on any atom is 0.298 e. The van der Waals surface area contributed by atoms with Crippen LogP contribution in [0.3, 0.4) is 0 Å². The lowest BCUT2D eigenvalue weighted by Gasteiger charge is -2.30. The fourth-order valence-electron chi connectivity index (χ4n) is 2.90. The topological polar surface area (TPSA) is 58.6 Å². The van der Waals surface area contributed by atoms with Crippen LogP contribution in [0.1, 0.15) is 32.3 Å². The molecule has 1 aromatic rings. The number of carbonyl (C=O) groups excluding carboxylic acids is 2. The van der Waals surface area contributed by atoms with Gasteiger partial charge < -0.3 is 15.0 Å². The van der Waals surface area contributed by atoms with Gasteiger partial charge in [-0.2, -0.15) is 0 Å². The minimum absolute atomic E-state index is 0.0273. The number of benzene rings is 1. The number of hydrogen-bond acceptors (Lipinski definition) is 3. The second-order valence-corrected chi connectivity index (χ2v) is 6.17. The Morgan fingerprint density at radius 2 is 1.92 bits per heavy atom. The Labute approximate surface area is 149 Å². The van der Waals surface area contributed by atoms with Crippen LogP contribution in [-0.2, 0) is 16.0 Å². The summed E-state index contributed by atoms with van der Waals surface area (Å²) in [4.78, 5) is 25.6. The summed E-state index contributed by atoms with van der Waals surface area (Å²) in [6, 6.07) is 7.61. The number of piperidine rings is 1. The van der Waals surface area contributed by atoms with Gasteiger partial charge in [-0.1, -0.05) is 18.1 Å². The van der Waals surface area contributed by atoms with Crippen molar-refractivity contribution in [2.75, 3.05) is 26.2 Å². The van der Waals surface area contributed by atoms with E-state index in [1.807, 2.05) is 31.2 Å². The molecule has 1 saturated heterocycles. The Morgan fingerprint density at radius 3 is 2.52 bits per heavy atom. The highest BCUT2D eigenvalue weighted by Crippen LogP contribution is 2.16. The number of hydrogen-bond donors (Lipinski definition) is 1. The molecule has 0 saturated carbocycles. The smallest absolute Gasteiger partial charge is 0.298 e. The molecule has 0 aromatic heterocycles. The fraction of sp³-hybridized carbons (Fsp3) is 0.500. The summed E-state index contributed by atoms with van der Waals surface area (Å²) >= 11 is 0. The van der Waals surface area contributed by atoms with Gasteiger partial charge >= 0.3 is 0 Å². The highest BCUT2D eigenvalue weighted by molar-refractivity contribution is 5.93. The summed E-state index contributed by atoms with van der Waals surface area (Å²) in [6.07, 6.45) is 2.18. The largest absolute Gasteiger partial charge is 0.494 e. The summed E-state index contributed by atoms with van der Waals surface area (Å²) in [7, 11) is 0. The molecule has 1 aliphatic heterocycles. The van der Waals surface area contributed by atoms with Crippen LogP contribution in [0.25, 0.3) is 0 Å². The Morgan fingerprint density at radius 1 is 1.24 bits per heavy atom. The van der Waals surface area contributed by atoms with Crippen LogP contribution in [0.15, 0.2) is 24.3 Å². The minimum Gasteiger partial charge on any atom is -0.494 e. The maximum absolute atomic E-state index is 12.1. The van der Waals surface area contributed by atoms with Crippen molar-refractivity contribution in [1.82, 2.24) is 10.2 Å². The summed E-state index contributed by atoms with van der Waals surface area (Å²) in [5, 5.41) is 3.01. The van der Waals surface area contributed by atoms with Gasteiger partial charge in [-0.05, 0) is 56.2 Å². The molecule has 5 nitrogen and oxygen atoms in total. The Bertz CT molecular complexity index is 635. The molecule has 1 heterocycles. The molecule has 5 heteroatoms. The molecule has 0 radical (unpaired) electrons. The van der Waals surface area contributed by atoms with Crippen molar-refractivity contribution in [2.24, 2.45) is 5.92 Å². The SMILES string of the molecule is CC#CC(=O)N1CCC(CNC(=O)Cc2ccc(OCC)cc2)CC1. The van der Waals surface area contributed by atoms with E-state index in [9.17, 15) is 9.59 Å². The van der Waals surface area contributed by atoms with E-state index >= 15 is 0 Å². The number of amides is 2. The molecule has 0 atom stereocenters. The third kappa shape index (κ3) is 6.15. The fourth-order valence-corrected chi connectivity index (χ4v) is 2.90. The van der Waals surface area contributed by atoms with E-state index in [0.717, 1.165) is 24.2 Å². The molecule has 2 amide bonds. The van der Waals surface area contributed by atoms with Gasteiger partial charge in [0.15, 0.2) is 0 Å². The molecule has 1 aliphatic rings. The molecule has 0 spiro atoms. The van der Waals surface area contributed by atoms with E-state index < -0.39 is 0 Å². The lowest BCUT2D eigenvalue weighted by Crippen LogP contribution is -2.41. The Hall–Kier alpha value is -2.48. The average Bonchev–Trinajstić information content (AvgIpc) is 2.62. The number of carbonyl (C=O) groups is 2. The first-order valence-electron chi connectivity index (χ1n) is 8.82. The van der Waals surface area contributed by atoms with Crippen molar-refractivity contribution >= 4 is 11.8 Å². The molecule has 1 aromatic carbocycles. The second-order valence-electron chi connectivity index (χ2n) is 6.17. The molecule has 134 valence electrons. The third-order valence-electron chi connectivity index (χ3n) is 4.32. The van der Waals surface area contributed by atoms with Gasteiger partial charge in [0.1, 0.15) is 5.75 Å². The summed E-state index contributed by atoms with van der Waals surface area (Å²) in [5.41, 5.74) is 0.972. The van der Waals surface area contributed by atoms with Crippen LogP contribution in [0, 0.1) is 17.8 Å². The van der Waals surface area contributed by atoms with Gasteiger partial charge in [0.05, 0.1) is 13.0 Å². The first kappa shape index (κ1) is 18.9. The quantitative estimate of drug-likeness (QED) is 0.805. The van der Waals surface area contributed by atoms with Crippen LogP contribution in [-0.4, -0.2) is 43.0 Å². The van der Waals surface area contributed by atoms with Crippen molar-refractivity contribution in [3.8, 4) is 17.6 Å². The van der Waals surface area contributed by atoms with Gasteiger partial charge in [0.2, 0.25) is 5.91 Å². The van der Waals surface area contributed by atoms with Crippen LogP contribution in [0.5, 0.6) is 5.75 Å². The lowest BCUT2D eigenvalue weighted by molar-refractivity contribution is -0.127. The summed E-state index contributed by atoms with van der Waals surface area (Å²) in [6.45, 7) is 6.34. The van der Waals surface area contributed by atoms with Gasteiger partial charge in [-0.15, -0.1) is 0 Å². The number of nitrogens with zero attached hydrogens (tertiary/aromatic N) is 1. The van der Waals surface area contributed by atoms with Crippen molar-refractivity contribution in [1.29, 1.82) is 0 Å². The first-order valence-corrected chi connectivity index (χ1v) is 8.82. The average molecular weight is 342 g/mol. The van der Waals surface area contributed by atoms with E-state index in [1.165, 1.54) is 0 Å². The van der Waals surface area contributed by atoms with Gasteiger partial charge in [0, 0.05) is 19.6 Å². The molecule has 0 bridgehead atoms. The first-order chi connectivity index (χ1) is 12.1. The van der Waals surface area contributed by atoms with Crippen molar-refractivity contribution in [3.63, 3.8) is 0 Å². The van der Waals surface area contributed by atoms with Crippen LogP contribution < -0.4 is 10.1 Å². The molecule has 0 aliphatic carbocycles. The predicted octanol–water partition coefficient (Wildman–Crippen LogP) is 2.01. The minimum atomic E-state index is -0.0968.